The lowest BCUT2D eigenvalue weighted by Gasteiger charge is -2.28. The molecule has 0 N–H and O–H groups in total. The number of furan rings is 1. The topological polar surface area (TPSA) is 16.4 Å². The van der Waals surface area contributed by atoms with Crippen molar-refractivity contribution in [2.45, 2.75) is 0 Å². The van der Waals surface area contributed by atoms with Crippen LogP contribution >= 0.6 is 0 Å². The number of para-hydroxylation sites is 2. The molecule has 0 saturated carbocycles. The van der Waals surface area contributed by atoms with Crippen LogP contribution in [0.2, 0.25) is 0 Å². The van der Waals surface area contributed by atoms with Crippen molar-refractivity contribution in [3.05, 3.63) is 212 Å². The van der Waals surface area contributed by atoms with E-state index in [1.807, 2.05) is 12.1 Å². The van der Waals surface area contributed by atoms with E-state index in [9.17, 15) is 0 Å². The lowest BCUT2D eigenvalue weighted by Crippen LogP contribution is -2.11. The van der Waals surface area contributed by atoms with Crippen molar-refractivity contribution in [2.75, 3.05) is 4.90 Å². The normalized spacial score (nSPS) is 11.6. The Morgan fingerprint density at radius 2 is 0.839 bits per heavy atom. The zero-order valence-electron chi connectivity index (χ0n) is 30.6. The Morgan fingerprint density at radius 1 is 0.286 bits per heavy atom. The first-order valence-electron chi connectivity index (χ1n) is 19.2. The zero-order valence-corrected chi connectivity index (χ0v) is 30.6. The second kappa shape index (κ2) is 13.2. The van der Waals surface area contributed by atoms with Gasteiger partial charge in [-0.25, -0.2) is 0 Å². The summed E-state index contributed by atoms with van der Waals surface area (Å²) < 4.78 is 6.14. The largest absolute Gasteiger partial charge is 0.456 e. The van der Waals surface area contributed by atoms with Crippen molar-refractivity contribution in [1.82, 2.24) is 0 Å². The molecule has 2 heteroatoms. The minimum Gasteiger partial charge on any atom is -0.456 e. The first-order chi connectivity index (χ1) is 27.8. The monoisotopic (exact) mass is 713 g/mol. The SMILES string of the molecule is c1ccc(N(c2ccc(-c3ccc4oc5ccccc5c4c3)cc2)c2ccc(-c3cc4ccccc4c4ccccc34)cc2)c(-c2cccc3ccccc23)c1. The molecule has 0 aliphatic carbocycles. The van der Waals surface area contributed by atoms with E-state index in [0.29, 0.717) is 0 Å². The van der Waals surface area contributed by atoms with Crippen LogP contribution in [0.25, 0.3) is 87.6 Å². The van der Waals surface area contributed by atoms with Gasteiger partial charge in [-0.05, 0) is 115 Å². The highest BCUT2D eigenvalue weighted by atomic mass is 16.3. The Balaban J connectivity index is 1.06. The van der Waals surface area contributed by atoms with Crippen LogP contribution in [-0.4, -0.2) is 0 Å². The quantitative estimate of drug-likeness (QED) is 0.160. The van der Waals surface area contributed by atoms with E-state index in [1.54, 1.807) is 0 Å². The first-order valence-corrected chi connectivity index (χ1v) is 19.2. The van der Waals surface area contributed by atoms with E-state index in [4.69, 9.17) is 4.42 Å². The maximum atomic E-state index is 6.14. The van der Waals surface area contributed by atoms with Gasteiger partial charge in [0, 0.05) is 27.7 Å². The van der Waals surface area contributed by atoms with Crippen LogP contribution in [0.5, 0.6) is 0 Å². The van der Waals surface area contributed by atoms with Gasteiger partial charge in [0.15, 0.2) is 0 Å². The van der Waals surface area contributed by atoms with Crippen molar-refractivity contribution in [3.8, 4) is 33.4 Å². The number of fused-ring (bicyclic) bond motifs is 7. The molecule has 0 atom stereocenters. The summed E-state index contributed by atoms with van der Waals surface area (Å²) in [4.78, 5) is 2.40. The molecule has 2 nitrogen and oxygen atoms in total. The van der Waals surface area contributed by atoms with Crippen molar-refractivity contribution in [1.29, 1.82) is 0 Å². The van der Waals surface area contributed by atoms with E-state index < -0.39 is 0 Å². The molecule has 0 aliphatic heterocycles. The van der Waals surface area contributed by atoms with Gasteiger partial charge in [0.25, 0.3) is 0 Å². The molecule has 0 spiro atoms. The van der Waals surface area contributed by atoms with E-state index >= 15 is 0 Å². The van der Waals surface area contributed by atoms with Crippen molar-refractivity contribution in [2.24, 2.45) is 0 Å². The Labute approximate surface area is 325 Å². The van der Waals surface area contributed by atoms with Crippen LogP contribution < -0.4 is 4.90 Å². The van der Waals surface area contributed by atoms with Crippen molar-refractivity contribution in [3.63, 3.8) is 0 Å². The number of benzene rings is 10. The molecule has 0 bridgehead atoms. The lowest BCUT2D eigenvalue weighted by atomic mass is 9.93. The summed E-state index contributed by atoms with van der Waals surface area (Å²) in [6.45, 7) is 0. The minimum absolute atomic E-state index is 0.905. The number of rotatable bonds is 6. The number of nitrogens with zero attached hydrogens (tertiary/aromatic N) is 1. The van der Waals surface area contributed by atoms with Crippen LogP contribution in [0.3, 0.4) is 0 Å². The molecule has 0 aliphatic rings. The molecule has 0 amide bonds. The van der Waals surface area contributed by atoms with Crippen LogP contribution in [0.1, 0.15) is 0 Å². The summed E-state index contributed by atoms with van der Waals surface area (Å²) in [5.41, 5.74) is 12.2. The van der Waals surface area contributed by atoms with Gasteiger partial charge in [0.2, 0.25) is 0 Å². The molecular formula is C54H35NO. The minimum atomic E-state index is 0.905. The van der Waals surface area contributed by atoms with Crippen LogP contribution in [0.4, 0.5) is 17.1 Å². The molecule has 1 heterocycles. The number of hydrogen-bond donors (Lipinski definition) is 0. The summed E-state index contributed by atoms with van der Waals surface area (Å²) in [5.74, 6) is 0. The van der Waals surface area contributed by atoms with Gasteiger partial charge in [0.1, 0.15) is 11.2 Å². The van der Waals surface area contributed by atoms with Crippen LogP contribution in [0, 0.1) is 0 Å². The smallest absolute Gasteiger partial charge is 0.135 e. The zero-order chi connectivity index (χ0) is 37.0. The highest BCUT2D eigenvalue weighted by Gasteiger charge is 2.19. The summed E-state index contributed by atoms with van der Waals surface area (Å²) >= 11 is 0. The Bertz CT molecular complexity index is 3240. The standard InChI is InChI=1S/C54H35NO/c1-3-15-43-37(12-1)14-11-21-46(43)48-19-7-9-22-52(48)55(41-29-24-36(25-30-41)39-28-33-54-51(34-39)49-20-8-10-23-53(49)56-54)42-31-26-38(27-32-42)50-35-40-13-2-4-16-44(40)45-17-5-6-18-47(45)50/h1-35H. The maximum Gasteiger partial charge on any atom is 0.135 e. The average Bonchev–Trinajstić information content (AvgIpc) is 3.65. The molecule has 0 fully saturated rings. The molecule has 1 aromatic heterocycles. The van der Waals surface area contributed by atoms with Crippen molar-refractivity contribution < 1.29 is 4.42 Å². The predicted octanol–water partition coefficient (Wildman–Crippen LogP) is 15.5. The Kier molecular flexibility index (Phi) is 7.53. The number of hydrogen-bond acceptors (Lipinski definition) is 2. The number of anilines is 3. The van der Waals surface area contributed by atoms with Gasteiger partial charge in [-0.3, -0.25) is 0 Å². The van der Waals surface area contributed by atoms with Crippen molar-refractivity contribution >= 4 is 71.3 Å². The van der Waals surface area contributed by atoms with E-state index in [2.05, 4.69) is 205 Å². The lowest BCUT2D eigenvalue weighted by molar-refractivity contribution is 0.669. The molecule has 56 heavy (non-hydrogen) atoms. The predicted molar refractivity (Wildman–Crippen MR) is 237 cm³/mol. The molecular weight excluding hydrogens is 679 g/mol. The fourth-order valence-electron chi connectivity index (χ4n) is 8.58. The summed E-state index contributed by atoms with van der Waals surface area (Å²) in [5, 5.41) is 9.79. The fourth-order valence-corrected chi connectivity index (χ4v) is 8.58. The molecule has 262 valence electrons. The molecule has 11 rings (SSSR count). The molecule has 11 aromatic rings. The van der Waals surface area contributed by atoms with Gasteiger partial charge < -0.3 is 9.32 Å². The fraction of sp³-hybridized carbons (Fsp3) is 0. The Hall–Kier alpha value is -7.42. The van der Waals surface area contributed by atoms with Crippen LogP contribution in [0.15, 0.2) is 217 Å². The first kappa shape index (κ1) is 32.0. The summed E-state index contributed by atoms with van der Waals surface area (Å²) in [6, 6.07) is 76.6. The summed E-state index contributed by atoms with van der Waals surface area (Å²) in [7, 11) is 0. The Morgan fingerprint density at radius 3 is 1.64 bits per heavy atom. The van der Waals surface area contributed by atoms with Gasteiger partial charge in [-0.2, -0.15) is 0 Å². The van der Waals surface area contributed by atoms with Gasteiger partial charge in [-0.15, -0.1) is 0 Å². The molecule has 0 radical (unpaired) electrons. The second-order valence-corrected chi connectivity index (χ2v) is 14.5. The third-order valence-corrected chi connectivity index (χ3v) is 11.3. The van der Waals surface area contributed by atoms with E-state index in [1.165, 1.54) is 54.6 Å². The van der Waals surface area contributed by atoms with E-state index in [0.717, 1.165) is 50.1 Å². The average molecular weight is 714 g/mol. The molecule has 0 saturated heterocycles. The van der Waals surface area contributed by atoms with Crippen LogP contribution in [-0.2, 0) is 0 Å². The maximum absolute atomic E-state index is 6.14. The second-order valence-electron chi connectivity index (χ2n) is 14.5. The van der Waals surface area contributed by atoms with Gasteiger partial charge in [0.05, 0.1) is 5.69 Å². The van der Waals surface area contributed by atoms with E-state index in [-0.39, 0.29) is 0 Å². The molecule has 10 aromatic carbocycles. The molecule has 0 unspecified atom stereocenters. The third-order valence-electron chi connectivity index (χ3n) is 11.3. The van der Waals surface area contributed by atoms with Gasteiger partial charge >= 0.3 is 0 Å². The highest BCUT2D eigenvalue weighted by molar-refractivity contribution is 6.14. The summed E-state index contributed by atoms with van der Waals surface area (Å²) in [6.07, 6.45) is 0. The highest BCUT2D eigenvalue weighted by Crippen LogP contribution is 2.44. The third kappa shape index (κ3) is 5.34. The van der Waals surface area contributed by atoms with Gasteiger partial charge in [-0.1, -0.05) is 158 Å².